The summed E-state index contributed by atoms with van der Waals surface area (Å²) in [5.41, 5.74) is 7.63. The van der Waals surface area contributed by atoms with Crippen LogP contribution < -0.4 is 15.2 Å². The molecule has 0 heterocycles. The van der Waals surface area contributed by atoms with Crippen LogP contribution in [0, 0.1) is 12.3 Å². The Morgan fingerprint density at radius 2 is 1.50 bits per heavy atom. The summed E-state index contributed by atoms with van der Waals surface area (Å²) in [5.74, 6) is 1.29. The summed E-state index contributed by atoms with van der Waals surface area (Å²) in [4.78, 5) is 0. The lowest BCUT2D eigenvalue weighted by Crippen LogP contribution is -2.37. The Kier molecular flexibility index (Phi) is 6.81. The molecule has 0 amide bonds. The van der Waals surface area contributed by atoms with Gasteiger partial charge in [0.25, 0.3) is 0 Å². The maximum absolute atomic E-state index is 10.4. The number of aliphatic hydroxyl groups is 1. The molecule has 0 saturated carbocycles. The van der Waals surface area contributed by atoms with Crippen molar-refractivity contribution in [3.8, 4) is 11.5 Å². The standard InChI is InChI=1S/C15H25NO3.ClH/c1-9-7-10(18-5)12(11(8-9)19-6)13(16)14(17)15(2,3)4;/h7-8,13-14,17H,16H2,1-6H3;1H/t13-,14-;/m0./s1. The van der Waals surface area contributed by atoms with Gasteiger partial charge in [-0.25, -0.2) is 0 Å². The molecule has 1 aromatic rings. The molecule has 0 saturated heterocycles. The predicted octanol–water partition coefficient (Wildman–Crippen LogP) is 2.84. The summed E-state index contributed by atoms with van der Waals surface area (Å²) in [6, 6.07) is 3.23. The Hall–Kier alpha value is -0.970. The molecular formula is C15H26ClNO3. The van der Waals surface area contributed by atoms with Gasteiger partial charge in [0.05, 0.1) is 31.9 Å². The van der Waals surface area contributed by atoms with Gasteiger partial charge < -0.3 is 20.3 Å². The van der Waals surface area contributed by atoms with Crippen molar-refractivity contribution in [3.05, 3.63) is 23.3 Å². The van der Waals surface area contributed by atoms with E-state index in [2.05, 4.69) is 0 Å². The minimum absolute atomic E-state index is 0. The lowest BCUT2D eigenvalue weighted by molar-refractivity contribution is 0.0388. The van der Waals surface area contributed by atoms with E-state index < -0.39 is 12.1 Å². The second-order valence-electron chi connectivity index (χ2n) is 5.92. The smallest absolute Gasteiger partial charge is 0.127 e. The van der Waals surface area contributed by atoms with E-state index in [1.54, 1.807) is 14.2 Å². The topological polar surface area (TPSA) is 64.7 Å². The molecular weight excluding hydrogens is 278 g/mol. The van der Waals surface area contributed by atoms with E-state index in [1.807, 2.05) is 39.8 Å². The average molecular weight is 304 g/mol. The molecule has 0 aromatic heterocycles. The molecule has 20 heavy (non-hydrogen) atoms. The normalized spacial score (nSPS) is 14.2. The molecule has 0 fully saturated rings. The summed E-state index contributed by atoms with van der Waals surface area (Å²) in [6.07, 6.45) is -0.696. The van der Waals surface area contributed by atoms with E-state index in [1.165, 1.54) is 0 Å². The van der Waals surface area contributed by atoms with Crippen molar-refractivity contribution < 1.29 is 14.6 Å². The summed E-state index contributed by atoms with van der Waals surface area (Å²) in [7, 11) is 3.18. The van der Waals surface area contributed by atoms with Crippen LogP contribution in [0.2, 0.25) is 0 Å². The van der Waals surface area contributed by atoms with Gasteiger partial charge in [0.2, 0.25) is 0 Å². The van der Waals surface area contributed by atoms with Crippen LogP contribution in [0.3, 0.4) is 0 Å². The SMILES string of the molecule is COc1cc(C)cc(OC)c1[C@H](N)[C@H](O)C(C)(C)C.Cl. The molecule has 2 atom stereocenters. The monoisotopic (exact) mass is 303 g/mol. The summed E-state index contributed by atoms with van der Waals surface area (Å²) < 4.78 is 10.8. The zero-order valence-electron chi connectivity index (χ0n) is 13.1. The van der Waals surface area contributed by atoms with Gasteiger partial charge in [-0.2, -0.15) is 0 Å². The fraction of sp³-hybridized carbons (Fsp3) is 0.600. The van der Waals surface area contributed by atoms with E-state index in [0.29, 0.717) is 17.1 Å². The van der Waals surface area contributed by atoms with Gasteiger partial charge in [-0.15, -0.1) is 12.4 Å². The van der Waals surface area contributed by atoms with Crippen molar-refractivity contribution in [2.75, 3.05) is 14.2 Å². The number of hydrogen-bond donors (Lipinski definition) is 2. The lowest BCUT2D eigenvalue weighted by Gasteiger charge is -2.32. The number of aliphatic hydroxyl groups excluding tert-OH is 1. The van der Waals surface area contributed by atoms with Gasteiger partial charge in [-0.3, -0.25) is 0 Å². The highest BCUT2D eigenvalue weighted by Crippen LogP contribution is 2.39. The second-order valence-corrected chi connectivity index (χ2v) is 5.92. The molecule has 0 unspecified atom stereocenters. The van der Waals surface area contributed by atoms with Crippen LogP contribution in [0.5, 0.6) is 11.5 Å². The van der Waals surface area contributed by atoms with Crippen LogP contribution in [-0.2, 0) is 0 Å². The fourth-order valence-electron chi connectivity index (χ4n) is 2.09. The third-order valence-corrected chi connectivity index (χ3v) is 3.25. The van der Waals surface area contributed by atoms with Crippen molar-refractivity contribution in [3.63, 3.8) is 0 Å². The Morgan fingerprint density at radius 1 is 1.10 bits per heavy atom. The minimum atomic E-state index is -0.696. The highest BCUT2D eigenvalue weighted by atomic mass is 35.5. The molecule has 0 aliphatic carbocycles. The summed E-state index contributed by atoms with van der Waals surface area (Å²) >= 11 is 0. The van der Waals surface area contributed by atoms with Gasteiger partial charge in [-0.05, 0) is 30.0 Å². The molecule has 0 radical (unpaired) electrons. The van der Waals surface area contributed by atoms with Crippen molar-refractivity contribution in [2.24, 2.45) is 11.1 Å². The Morgan fingerprint density at radius 3 is 1.80 bits per heavy atom. The average Bonchev–Trinajstić information content (AvgIpc) is 2.34. The summed E-state index contributed by atoms with van der Waals surface area (Å²) in [5, 5.41) is 10.4. The highest BCUT2D eigenvalue weighted by molar-refractivity contribution is 5.85. The number of aryl methyl sites for hydroxylation is 1. The highest BCUT2D eigenvalue weighted by Gasteiger charge is 2.32. The van der Waals surface area contributed by atoms with E-state index in [-0.39, 0.29) is 17.8 Å². The number of methoxy groups -OCH3 is 2. The number of benzene rings is 1. The van der Waals surface area contributed by atoms with Crippen LogP contribution in [0.15, 0.2) is 12.1 Å². The van der Waals surface area contributed by atoms with Gasteiger partial charge in [0.15, 0.2) is 0 Å². The molecule has 4 nitrogen and oxygen atoms in total. The number of rotatable bonds is 4. The molecule has 0 spiro atoms. The van der Waals surface area contributed by atoms with Gasteiger partial charge >= 0.3 is 0 Å². The maximum Gasteiger partial charge on any atom is 0.127 e. The molecule has 3 N–H and O–H groups in total. The lowest BCUT2D eigenvalue weighted by atomic mass is 9.82. The Bertz CT molecular complexity index is 418. The van der Waals surface area contributed by atoms with Gasteiger partial charge in [0, 0.05) is 0 Å². The molecule has 5 heteroatoms. The summed E-state index contributed by atoms with van der Waals surface area (Å²) in [6.45, 7) is 7.81. The first-order valence-corrected chi connectivity index (χ1v) is 6.38. The van der Waals surface area contributed by atoms with Crippen LogP contribution in [0.1, 0.15) is 37.9 Å². The predicted molar refractivity (Wildman–Crippen MR) is 83.9 cm³/mol. The van der Waals surface area contributed by atoms with Crippen LogP contribution in [0.4, 0.5) is 0 Å². The largest absolute Gasteiger partial charge is 0.496 e. The quantitative estimate of drug-likeness (QED) is 0.897. The van der Waals surface area contributed by atoms with E-state index >= 15 is 0 Å². The van der Waals surface area contributed by atoms with Crippen LogP contribution in [0.25, 0.3) is 0 Å². The maximum atomic E-state index is 10.4. The van der Waals surface area contributed by atoms with E-state index in [9.17, 15) is 5.11 Å². The van der Waals surface area contributed by atoms with Crippen LogP contribution >= 0.6 is 12.4 Å². The third kappa shape index (κ3) is 4.01. The fourth-order valence-corrected chi connectivity index (χ4v) is 2.09. The first-order valence-electron chi connectivity index (χ1n) is 6.38. The second kappa shape index (κ2) is 7.16. The zero-order valence-corrected chi connectivity index (χ0v) is 13.9. The zero-order chi connectivity index (χ0) is 14.8. The van der Waals surface area contributed by atoms with Crippen LogP contribution in [-0.4, -0.2) is 25.4 Å². The first-order chi connectivity index (χ1) is 8.72. The van der Waals surface area contributed by atoms with Gasteiger partial charge in [-0.1, -0.05) is 20.8 Å². The third-order valence-electron chi connectivity index (χ3n) is 3.25. The van der Waals surface area contributed by atoms with E-state index in [4.69, 9.17) is 15.2 Å². The molecule has 0 aliphatic rings. The van der Waals surface area contributed by atoms with Gasteiger partial charge in [0.1, 0.15) is 11.5 Å². The van der Waals surface area contributed by atoms with Crippen molar-refractivity contribution in [1.29, 1.82) is 0 Å². The number of hydrogen-bond acceptors (Lipinski definition) is 4. The Labute approximate surface area is 127 Å². The van der Waals surface area contributed by atoms with Crippen molar-refractivity contribution >= 4 is 12.4 Å². The number of halogens is 1. The van der Waals surface area contributed by atoms with Crippen molar-refractivity contribution in [1.82, 2.24) is 0 Å². The number of nitrogens with two attached hydrogens (primary N) is 1. The molecule has 1 aromatic carbocycles. The van der Waals surface area contributed by atoms with Crippen molar-refractivity contribution in [2.45, 2.75) is 39.8 Å². The molecule has 0 aliphatic heterocycles. The minimum Gasteiger partial charge on any atom is -0.496 e. The number of ether oxygens (including phenoxy) is 2. The van der Waals surface area contributed by atoms with E-state index in [0.717, 1.165) is 5.56 Å². The first kappa shape index (κ1) is 19.0. The molecule has 116 valence electrons. The molecule has 1 rings (SSSR count). The Balaban J connectivity index is 0.00000361. The molecule has 0 bridgehead atoms.